The molecule has 1 aromatic heterocycles. The standard InChI is InChI=1S/C36H44N2O7Si/c1-35(2,3)46(6,7)45-31-23-30(44-33(31)38-22-21-32(39)37-34(38)40)24-43-36(25-11-9-8-10-12-25,26-13-17-28(41-4)18-14-26)27-15-19-29(42-5)20-16-27/h8-22,30-31,33H,23-24H2,1-7H3,(H,37,39,40)/t30-,31+,33+/m0/s1. The average Bonchev–Trinajstić information content (AvgIpc) is 3.43. The highest BCUT2D eigenvalue weighted by atomic mass is 28.4. The molecular weight excluding hydrogens is 600 g/mol. The van der Waals surface area contributed by atoms with Gasteiger partial charge in [0.2, 0.25) is 0 Å². The molecule has 46 heavy (non-hydrogen) atoms. The molecule has 0 saturated carbocycles. The van der Waals surface area contributed by atoms with Crippen molar-refractivity contribution in [3.05, 3.63) is 129 Å². The summed E-state index contributed by atoms with van der Waals surface area (Å²) in [7, 11) is 1.01. The molecule has 4 aromatic rings. The van der Waals surface area contributed by atoms with E-state index in [9.17, 15) is 9.59 Å². The normalized spacial score (nSPS) is 18.8. The second-order valence-corrected chi connectivity index (χ2v) is 17.9. The van der Waals surface area contributed by atoms with E-state index in [0.29, 0.717) is 6.42 Å². The van der Waals surface area contributed by atoms with E-state index in [0.717, 1.165) is 28.2 Å². The summed E-state index contributed by atoms with van der Waals surface area (Å²) < 4.78 is 32.9. The lowest BCUT2D eigenvalue weighted by Crippen LogP contribution is -2.46. The number of methoxy groups -OCH3 is 2. The Morgan fingerprint density at radius 1 is 0.826 bits per heavy atom. The molecule has 9 nitrogen and oxygen atoms in total. The summed E-state index contributed by atoms with van der Waals surface area (Å²) in [4.78, 5) is 27.2. The molecule has 10 heteroatoms. The maximum atomic E-state index is 12.9. The Hall–Kier alpha value is -3.96. The third kappa shape index (κ3) is 6.76. The molecule has 0 spiro atoms. The summed E-state index contributed by atoms with van der Waals surface area (Å²) in [6.07, 6.45) is 0.392. The van der Waals surface area contributed by atoms with E-state index in [2.05, 4.69) is 51.0 Å². The molecule has 0 amide bonds. The molecule has 1 aliphatic heterocycles. The summed E-state index contributed by atoms with van der Waals surface area (Å²) in [5.41, 5.74) is 0.720. The first kappa shape index (κ1) is 33.4. The van der Waals surface area contributed by atoms with Crippen molar-refractivity contribution < 1.29 is 23.4 Å². The zero-order valence-corrected chi connectivity index (χ0v) is 28.6. The van der Waals surface area contributed by atoms with Gasteiger partial charge in [-0.2, -0.15) is 0 Å². The fourth-order valence-corrected chi connectivity index (χ4v) is 6.97. The molecule has 0 unspecified atom stereocenters. The Morgan fingerprint density at radius 2 is 1.37 bits per heavy atom. The predicted octanol–water partition coefficient (Wildman–Crippen LogP) is 6.24. The lowest BCUT2D eigenvalue weighted by Gasteiger charge is -2.39. The monoisotopic (exact) mass is 644 g/mol. The lowest BCUT2D eigenvalue weighted by molar-refractivity contribution is -0.0864. The van der Waals surface area contributed by atoms with Gasteiger partial charge in [0.15, 0.2) is 14.5 Å². The maximum absolute atomic E-state index is 12.9. The van der Waals surface area contributed by atoms with Gasteiger partial charge in [-0.15, -0.1) is 0 Å². The van der Waals surface area contributed by atoms with Gasteiger partial charge in [-0.1, -0.05) is 75.4 Å². The van der Waals surface area contributed by atoms with E-state index in [-0.39, 0.29) is 11.6 Å². The van der Waals surface area contributed by atoms with Crippen molar-refractivity contribution in [2.75, 3.05) is 20.8 Å². The van der Waals surface area contributed by atoms with Crippen LogP contribution >= 0.6 is 0 Å². The van der Waals surface area contributed by atoms with E-state index >= 15 is 0 Å². The van der Waals surface area contributed by atoms with Crippen LogP contribution in [0.4, 0.5) is 0 Å². The van der Waals surface area contributed by atoms with Crippen molar-refractivity contribution in [1.82, 2.24) is 9.55 Å². The van der Waals surface area contributed by atoms with E-state index in [1.54, 1.807) is 14.2 Å². The SMILES string of the molecule is COc1ccc(C(OC[C@@H]2C[C@@H](O[Si](C)(C)C(C)(C)C)[C@H](n3ccc(=O)[nH]c3=O)O2)(c2ccccc2)c2ccc(OC)cc2)cc1. The van der Waals surface area contributed by atoms with Crippen LogP contribution in [0.2, 0.25) is 18.1 Å². The van der Waals surface area contributed by atoms with E-state index in [1.165, 1.54) is 16.8 Å². The molecule has 1 aliphatic rings. The van der Waals surface area contributed by atoms with Crippen LogP contribution in [0, 0.1) is 0 Å². The molecule has 1 fully saturated rings. The maximum Gasteiger partial charge on any atom is 0.330 e. The zero-order valence-electron chi connectivity index (χ0n) is 27.6. The van der Waals surface area contributed by atoms with Gasteiger partial charge in [0, 0.05) is 18.7 Å². The number of nitrogens with one attached hydrogen (secondary N) is 1. The van der Waals surface area contributed by atoms with Crippen LogP contribution in [0.15, 0.2) is 101 Å². The number of ether oxygens (including phenoxy) is 4. The molecule has 244 valence electrons. The van der Waals surface area contributed by atoms with Crippen LogP contribution in [0.5, 0.6) is 11.5 Å². The number of benzene rings is 3. The third-order valence-electron chi connectivity index (χ3n) is 9.18. The van der Waals surface area contributed by atoms with Crippen LogP contribution in [-0.4, -0.2) is 50.9 Å². The highest BCUT2D eigenvalue weighted by Crippen LogP contribution is 2.44. The van der Waals surface area contributed by atoms with Crippen molar-refractivity contribution in [2.45, 2.75) is 69.4 Å². The first-order valence-corrected chi connectivity index (χ1v) is 18.4. The van der Waals surface area contributed by atoms with Gasteiger partial charge in [-0.3, -0.25) is 14.3 Å². The van der Waals surface area contributed by atoms with Gasteiger partial charge in [0.25, 0.3) is 5.56 Å². The minimum absolute atomic E-state index is 0.0622. The molecule has 1 saturated heterocycles. The number of hydrogen-bond acceptors (Lipinski definition) is 7. The molecule has 3 atom stereocenters. The quantitative estimate of drug-likeness (QED) is 0.152. The summed E-state index contributed by atoms with van der Waals surface area (Å²) in [5, 5.41) is -0.0622. The number of H-pyrrole nitrogens is 1. The average molecular weight is 645 g/mol. The van der Waals surface area contributed by atoms with Crippen molar-refractivity contribution in [1.29, 1.82) is 0 Å². The van der Waals surface area contributed by atoms with Gasteiger partial charge in [0.05, 0.1) is 33.0 Å². The summed E-state index contributed by atoms with van der Waals surface area (Å²) >= 11 is 0. The molecule has 2 heterocycles. The number of nitrogens with zero attached hydrogens (tertiary/aromatic N) is 1. The Morgan fingerprint density at radius 3 is 1.87 bits per heavy atom. The predicted molar refractivity (Wildman–Crippen MR) is 180 cm³/mol. The second kappa shape index (κ2) is 13.4. The summed E-state index contributed by atoms with van der Waals surface area (Å²) in [6, 6.07) is 27.1. The Kier molecular flexibility index (Phi) is 9.74. The Bertz CT molecular complexity index is 1660. The van der Waals surface area contributed by atoms with E-state index in [1.807, 2.05) is 66.7 Å². The first-order chi connectivity index (χ1) is 21.9. The highest BCUT2D eigenvalue weighted by molar-refractivity contribution is 6.74. The third-order valence-corrected chi connectivity index (χ3v) is 13.7. The number of aromatic nitrogens is 2. The summed E-state index contributed by atoms with van der Waals surface area (Å²) in [5.74, 6) is 1.47. The van der Waals surface area contributed by atoms with Crippen LogP contribution in [-0.2, 0) is 19.5 Å². The molecule has 5 rings (SSSR count). The molecule has 3 aromatic carbocycles. The number of rotatable bonds is 11. The van der Waals surface area contributed by atoms with Crippen molar-refractivity contribution in [2.24, 2.45) is 0 Å². The lowest BCUT2D eigenvalue weighted by atomic mass is 9.80. The Balaban J connectivity index is 1.56. The van der Waals surface area contributed by atoms with Crippen LogP contribution in [0.25, 0.3) is 0 Å². The minimum Gasteiger partial charge on any atom is -0.497 e. The van der Waals surface area contributed by atoms with Crippen LogP contribution in [0.1, 0.15) is 50.1 Å². The number of hydrogen-bond donors (Lipinski definition) is 1. The van der Waals surface area contributed by atoms with E-state index in [4.69, 9.17) is 23.4 Å². The van der Waals surface area contributed by atoms with Crippen molar-refractivity contribution in [3.63, 3.8) is 0 Å². The fourth-order valence-electron chi connectivity index (χ4n) is 5.65. The Labute approximate surface area is 271 Å². The van der Waals surface area contributed by atoms with Gasteiger partial charge in [-0.05, 0) is 59.1 Å². The molecule has 0 bridgehead atoms. The van der Waals surface area contributed by atoms with Crippen molar-refractivity contribution >= 4 is 8.32 Å². The zero-order chi connectivity index (χ0) is 33.1. The van der Waals surface area contributed by atoms with Gasteiger partial charge in [0.1, 0.15) is 17.1 Å². The molecule has 0 aliphatic carbocycles. The molecule has 1 N–H and O–H groups in total. The first-order valence-electron chi connectivity index (χ1n) is 15.5. The molecule has 0 radical (unpaired) electrons. The largest absolute Gasteiger partial charge is 0.497 e. The topological polar surface area (TPSA) is 101 Å². The fraction of sp³-hybridized carbons (Fsp3) is 0.389. The summed E-state index contributed by atoms with van der Waals surface area (Å²) in [6.45, 7) is 11.1. The molecular formula is C36H44N2O7Si. The smallest absolute Gasteiger partial charge is 0.330 e. The second-order valence-electron chi connectivity index (χ2n) is 13.1. The minimum atomic E-state index is -2.27. The van der Waals surface area contributed by atoms with E-state index < -0.39 is 43.6 Å². The van der Waals surface area contributed by atoms with Gasteiger partial charge < -0.3 is 23.4 Å². The number of aromatic amines is 1. The van der Waals surface area contributed by atoms with Gasteiger partial charge in [-0.25, -0.2) is 4.79 Å². The van der Waals surface area contributed by atoms with Crippen LogP contribution in [0.3, 0.4) is 0 Å². The van der Waals surface area contributed by atoms with Crippen LogP contribution < -0.4 is 20.7 Å². The van der Waals surface area contributed by atoms with Crippen molar-refractivity contribution in [3.8, 4) is 11.5 Å². The van der Waals surface area contributed by atoms with Gasteiger partial charge >= 0.3 is 5.69 Å². The highest BCUT2D eigenvalue weighted by Gasteiger charge is 2.47.